The number of rotatable bonds is 5. The molecule has 2 aromatic rings. The molecule has 1 N–H and O–H groups in total. The summed E-state index contributed by atoms with van der Waals surface area (Å²) < 4.78 is 6.17. The number of methoxy groups -OCH3 is 1. The molecule has 0 fully saturated rings. The van der Waals surface area contributed by atoms with Crippen LogP contribution < -0.4 is 0 Å². The molecule has 1 aromatic heterocycles. The molecule has 104 valence electrons. The third kappa shape index (κ3) is 3.19. The molecule has 1 aromatic carbocycles. The van der Waals surface area contributed by atoms with Crippen LogP contribution in [0.2, 0.25) is 0 Å². The molecule has 0 amide bonds. The van der Waals surface area contributed by atoms with Crippen molar-refractivity contribution in [2.24, 2.45) is 0 Å². The third-order valence-corrected chi connectivity index (χ3v) is 2.78. The molecule has 1 heterocycles. The standard InChI is InChI=1S/C13H13N3O4/c1-20-12(17)6-11-7-14-15-16(11)8-9-2-4-10(5-3-9)13(18)19/h2-5,7H,6,8H2,1H3,(H,18,19). The van der Waals surface area contributed by atoms with E-state index in [-0.39, 0.29) is 18.0 Å². The second-order valence-electron chi connectivity index (χ2n) is 4.14. The van der Waals surface area contributed by atoms with Crippen LogP contribution in [0.5, 0.6) is 0 Å². The minimum absolute atomic E-state index is 0.0940. The van der Waals surface area contributed by atoms with E-state index in [1.807, 2.05) is 0 Å². The lowest BCUT2D eigenvalue weighted by Crippen LogP contribution is -2.12. The molecule has 0 saturated carbocycles. The van der Waals surface area contributed by atoms with Crippen LogP contribution in [0.15, 0.2) is 30.5 Å². The van der Waals surface area contributed by atoms with Crippen LogP contribution in [0, 0.1) is 0 Å². The minimum atomic E-state index is -0.969. The van der Waals surface area contributed by atoms with Crippen LogP contribution in [0.4, 0.5) is 0 Å². The van der Waals surface area contributed by atoms with E-state index < -0.39 is 5.97 Å². The van der Waals surface area contributed by atoms with E-state index in [9.17, 15) is 9.59 Å². The molecule has 7 heteroatoms. The maximum Gasteiger partial charge on any atom is 0.335 e. The van der Waals surface area contributed by atoms with Gasteiger partial charge in [0.15, 0.2) is 0 Å². The summed E-state index contributed by atoms with van der Waals surface area (Å²) >= 11 is 0. The predicted octanol–water partition coefficient (Wildman–Crippen LogP) is 0.740. The lowest BCUT2D eigenvalue weighted by atomic mass is 10.1. The number of aromatic nitrogens is 3. The lowest BCUT2D eigenvalue weighted by molar-refractivity contribution is -0.139. The average Bonchev–Trinajstić information content (AvgIpc) is 2.86. The summed E-state index contributed by atoms with van der Waals surface area (Å²) in [6.07, 6.45) is 1.60. The fraction of sp³-hybridized carbons (Fsp3) is 0.231. The molecule has 0 atom stereocenters. The molecule has 0 aliphatic rings. The number of ether oxygens (including phenoxy) is 1. The first-order valence-electron chi connectivity index (χ1n) is 5.86. The highest BCUT2D eigenvalue weighted by molar-refractivity contribution is 5.87. The van der Waals surface area contributed by atoms with E-state index in [0.717, 1.165) is 5.56 Å². The highest BCUT2D eigenvalue weighted by Gasteiger charge is 2.10. The van der Waals surface area contributed by atoms with Gasteiger partial charge >= 0.3 is 11.9 Å². The number of nitrogens with zero attached hydrogens (tertiary/aromatic N) is 3. The second-order valence-corrected chi connectivity index (χ2v) is 4.14. The Morgan fingerprint density at radius 3 is 2.60 bits per heavy atom. The summed E-state index contributed by atoms with van der Waals surface area (Å²) in [7, 11) is 1.32. The van der Waals surface area contributed by atoms with Gasteiger partial charge in [0.1, 0.15) is 0 Å². The molecule has 0 spiro atoms. The Hall–Kier alpha value is -2.70. The number of carboxylic acid groups (broad SMARTS) is 1. The van der Waals surface area contributed by atoms with Gasteiger partial charge in [-0.05, 0) is 17.7 Å². The van der Waals surface area contributed by atoms with Gasteiger partial charge in [-0.25, -0.2) is 9.48 Å². The zero-order valence-electron chi connectivity index (χ0n) is 10.8. The van der Waals surface area contributed by atoms with Gasteiger partial charge in [0.25, 0.3) is 0 Å². The predicted molar refractivity (Wildman–Crippen MR) is 68.2 cm³/mol. The molecule has 0 unspecified atom stereocenters. The molecular formula is C13H13N3O4. The van der Waals surface area contributed by atoms with Crippen LogP contribution in [0.3, 0.4) is 0 Å². The van der Waals surface area contributed by atoms with Crippen molar-refractivity contribution in [3.63, 3.8) is 0 Å². The van der Waals surface area contributed by atoms with Crippen molar-refractivity contribution >= 4 is 11.9 Å². The normalized spacial score (nSPS) is 10.2. The van der Waals surface area contributed by atoms with Crippen molar-refractivity contribution in [2.75, 3.05) is 7.11 Å². The van der Waals surface area contributed by atoms with Crippen LogP contribution in [-0.2, 0) is 22.5 Å². The van der Waals surface area contributed by atoms with Crippen molar-refractivity contribution < 1.29 is 19.4 Å². The van der Waals surface area contributed by atoms with E-state index in [0.29, 0.717) is 12.2 Å². The van der Waals surface area contributed by atoms with Gasteiger partial charge in [0.05, 0.1) is 37.5 Å². The summed E-state index contributed by atoms with van der Waals surface area (Å²) in [6, 6.07) is 6.45. The minimum Gasteiger partial charge on any atom is -0.478 e. The summed E-state index contributed by atoms with van der Waals surface area (Å²) in [6.45, 7) is 0.409. The molecule has 0 saturated heterocycles. The Morgan fingerprint density at radius 2 is 2.00 bits per heavy atom. The van der Waals surface area contributed by atoms with Gasteiger partial charge in [-0.1, -0.05) is 17.3 Å². The van der Waals surface area contributed by atoms with Gasteiger partial charge in [-0.3, -0.25) is 4.79 Å². The lowest BCUT2D eigenvalue weighted by Gasteiger charge is -2.06. The molecule has 0 radical (unpaired) electrons. The van der Waals surface area contributed by atoms with Crippen LogP contribution in [-0.4, -0.2) is 39.1 Å². The topological polar surface area (TPSA) is 94.3 Å². The second kappa shape index (κ2) is 5.96. The zero-order valence-corrected chi connectivity index (χ0v) is 10.8. The fourth-order valence-corrected chi connectivity index (χ4v) is 1.69. The number of hydrogen-bond donors (Lipinski definition) is 1. The van der Waals surface area contributed by atoms with Crippen LogP contribution in [0.25, 0.3) is 0 Å². The average molecular weight is 275 g/mol. The molecule has 7 nitrogen and oxygen atoms in total. The number of hydrogen-bond acceptors (Lipinski definition) is 5. The van der Waals surface area contributed by atoms with Gasteiger partial charge in [-0.15, -0.1) is 5.10 Å². The maximum atomic E-state index is 11.2. The van der Waals surface area contributed by atoms with Gasteiger partial charge in [0, 0.05) is 0 Å². The molecule has 0 aliphatic carbocycles. The summed E-state index contributed by atoms with van der Waals surface area (Å²) in [4.78, 5) is 22.0. The van der Waals surface area contributed by atoms with Crippen molar-refractivity contribution in [3.8, 4) is 0 Å². The SMILES string of the molecule is COC(=O)Cc1cnnn1Cc1ccc(C(=O)O)cc1. The number of carbonyl (C=O) groups is 2. The zero-order chi connectivity index (χ0) is 14.5. The van der Waals surface area contributed by atoms with E-state index >= 15 is 0 Å². The third-order valence-electron chi connectivity index (χ3n) is 2.78. The Balaban J connectivity index is 2.12. The molecule has 0 bridgehead atoms. The summed E-state index contributed by atoms with van der Waals surface area (Å²) in [5.41, 5.74) is 1.73. The number of benzene rings is 1. The quantitative estimate of drug-likeness (QED) is 0.809. The van der Waals surface area contributed by atoms with E-state index in [1.165, 1.54) is 25.4 Å². The van der Waals surface area contributed by atoms with Gasteiger partial charge in [-0.2, -0.15) is 0 Å². The van der Waals surface area contributed by atoms with Crippen molar-refractivity contribution in [3.05, 3.63) is 47.3 Å². The van der Waals surface area contributed by atoms with E-state index in [2.05, 4.69) is 15.0 Å². The highest BCUT2D eigenvalue weighted by Crippen LogP contribution is 2.08. The van der Waals surface area contributed by atoms with Crippen LogP contribution >= 0.6 is 0 Å². The first-order chi connectivity index (χ1) is 9.60. The van der Waals surface area contributed by atoms with Gasteiger partial charge < -0.3 is 9.84 Å². The van der Waals surface area contributed by atoms with E-state index in [1.54, 1.807) is 16.8 Å². The van der Waals surface area contributed by atoms with E-state index in [4.69, 9.17) is 5.11 Å². The number of carbonyl (C=O) groups excluding carboxylic acids is 1. The summed E-state index contributed by atoms with van der Waals surface area (Å²) in [5.74, 6) is -1.33. The van der Waals surface area contributed by atoms with Crippen molar-refractivity contribution in [1.82, 2.24) is 15.0 Å². The first kappa shape index (κ1) is 13.7. The molecular weight excluding hydrogens is 262 g/mol. The monoisotopic (exact) mass is 275 g/mol. The largest absolute Gasteiger partial charge is 0.478 e. The van der Waals surface area contributed by atoms with Crippen molar-refractivity contribution in [2.45, 2.75) is 13.0 Å². The number of esters is 1. The Labute approximate surface area is 114 Å². The first-order valence-corrected chi connectivity index (χ1v) is 5.86. The Kier molecular flexibility index (Phi) is 4.09. The maximum absolute atomic E-state index is 11.2. The Bertz CT molecular complexity index is 619. The number of carboxylic acids is 1. The molecule has 2 rings (SSSR count). The number of aromatic carboxylic acids is 1. The van der Waals surface area contributed by atoms with Crippen molar-refractivity contribution in [1.29, 1.82) is 0 Å². The fourth-order valence-electron chi connectivity index (χ4n) is 1.69. The smallest absolute Gasteiger partial charge is 0.335 e. The molecule has 0 aliphatic heterocycles. The Morgan fingerprint density at radius 1 is 1.30 bits per heavy atom. The molecule has 20 heavy (non-hydrogen) atoms. The van der Waals surface area contributed by atoms with Crippen LogP contribution in [0.1, 0.15) is 21.6 Å². The summed E-state index contributed by atoms with van der Waals surface area (Å²) in [5, 5.41) is 16.5. The van der Waals surface area contributed by atoms with Gasteiger partial charge in [0.2, 0.25) is 0 Å². The highest BCUT2D eigenvalue weighted by atomic mass is 16.5.